The fraction of sp³-hybridized carbons (Fsp3) is 0.333. The average molecular weight is 269 g/mol. The van der Waals surface area contributed by atoms with E-state index in [0.29, 0.717) is 17.4 Å². The van der Waals surface area contributed by atoms with Crippen LogP contribution < -0.4 is 10.9 Å². The molecule has 90 valence electrons. The first kappa shape index (κ1) is 12.1. The van der Waals surface area contributed by atoms with Crippen LogP contribution in [0, 0.1) is 0 Å². The summed E-state index contributed by atoms with van der Waals surface area (Å²) in [6.45, 7) is 2.31. The number of hydrogen-bond donors (Lipinski definition) is 2. The van der Waals surface area contributed by atoms with Crippen molar-refractivity contribution in [1.82, 2.24) is 20.2 Å². The lowest BCUT2D eigenvalue weighted by atomic mass is 10.4. The van der Waals surface area contributed by atoms with Crippen molar-refractivity contribution >= 4 is 28.2 Å². The van der Waals surface area contributed by atoms with Crippen LogP contribution in [0.2, 0.25) is 0 Å². The molecule has 0 spiro atoms. The molecule has 17 heavy (non-hydrogen) atoms. The van der Waals surface area contributed by atoms with Gasteiger partial charge in [0, 0.05) is 11.6 Å². The lowest BCUT2D eigenvalue weighted by Gasteiger charge is -2.01. The van der Waals surface area contributed by atoms with E-state index in [1.165, 1.54) is 23.1 Å². The zero-order chi connectivity index (χ0) is 12.1. The molecule has 2 aromatic rings. The molecular formula is C9H11N5OS2. The zero-order valence-corrected chi connectivity index (χ0v) is 10.8. The van der Waals surface area contributed by atoms with Gasteiger partial charge in [-0.2, -0.15) is 0 Å². The zero-order valence-electron chi connectivity index (χ0n) is 9.14. The van der Waals surface area contributed by atoms with Gasteiger partial charge in [-0.15, -0.1) is 21.5 Å². The number of thioether (sulfide) groups is 1. The number of nitrogens with zero attached hydrogens (tertiary/aromatic N) is 3. The summed E-state index contributed by atoms with van der Waals surface area (Å²) in [7, 11) is 0. The van der Waals surface area contributed by atoms with Crippen LogP contribution in [0.5, 0.6) is 0 Å². The molecule has 0 bridgehead atoms. The Labute approximate surface area is 106 Å². The van der Waals surface area contributed by atoms with Gasteiger partial charge < -0.3 is 5.32 Å². The van der Waals surface area contributed by atoms with Gasteiger partial charge in [0.2, 0.25) is 0 Å². The molecule has 2 N–H and O–H groups in total. The smallest absolute Gasteiger partial charge is 0.275 e. The number of aromatic amines is 1. The van der Waals surface area contributed by atoms with Crippen molar-refractivity contribution < 1.29 is 0 Å². The van der Waals surface area contributed by atoms with E-state index in [1.807, 2.05) is 12.3 Å². The first-order valence-electron chi connectivity index (χ1n) is 5.01. The van der Waals surface area contributed by atoms with E-state index in [0.717, 1.165) is 10.9 Å². The summed E-state index contributed by atoms with van der Waals surface area (Å²) in [6, 6.07) is 0. The van der Waals surface area contributed by atoms with Crippen molar-refractivity contribution in [2.75, 3.05) is 11.1 Å². The lowest BCUT2D eigenvalue weighted by molar-refractivity contribution is 0.768. The van der Waals surface area contributed by atoms with Crippen LogP contribution in [0.3, 0.4) is 0 Å². The SMILES string of the molecule is CCSc1nnc(CNc2nccs2)c(=O)[nH]1. The predicted octanol–water partition coefficient (Wildman–Crippen LogP) is 1.35. The Hall–Kier alpha value is -1.41. The van der Waals surface area contributed by atoms with E-state index in [-0.39, 0.29) is 5.56 Å². The first-order valence-corrected chi connectivity index (χ1v) is 6.88. The van der Waals surface area contributed by atoms with Crippen LogP contribution in [-0.2, 0) is 6.54 Å². The van der Waals surface area contributed by atoms with Crippen molar-refractivity contribution in [2.24, 2.45) is 0 Å². The van der Waals surface area contributed by atoms with Gasteiger partial charge in [-0.25, -0.2) is 4.98 Å². The number of aromatic nitrogens is 4. The molecule has 0 atom stereocenters. The van der Waals surface area contributed by atoms with Crippen LogP contribution in [0.15, 0.2) is 21.5 Å². The topological polar surface area (TPSA) is 83.6 Å². The van der Waals surface area contributed by atoms with Gasteiger partial charge in [-0.1, -0.05) is 18.7 Å². The minimum absolute atomic E-state index is 0.208. The molecule has 0 saturated heterocycles. The molecule has 0 fully saturated rings. The van der Waals surface area contributed by atoms with Gasteiger partial charge in [0.1, 0.15) is 5.69 Å². The van der Waals surface area contributed by atoms with Gasteiger partial charge in [-0.3, -0.25) is 9.78 Å². The highest BCUT2D eigenvalue weighted by molar-refractivity contribution is 7.99. The molecular weight excluding hydrogens is 258 g/mol. The summed E-state index contributed by atoms with van der Waals surface area (Å²) in [5.74, 6) is 0.849. The highest BCUT2D eigenvalue weighted by Gasteiger charge is 2.05. The lowest BCUT2D eigenvalue weighted by Crippen LogP contribution is -2.20. The number of thiazole rings is 1. The first-order chi connectivity index (χ1) is 8.29. The second-order valence-electron chi connectivity index (χ2n) is 3.03. The van der Waals surface area contributed by atoms with Crippen molar-refractivity contribution in [3.63, 3.8) is 0 Å². The van der Waals surface area contributed by atoms with E-state index in [4.69, 9.17) is 0 Å². The molecule has 0 aliphatic carbocycles. The number of rotatable bonds is 5. The van der Waals surface area contributed by atoms with Gasteiger partial charge in [0.15, 0.2) is 10.3 Å². The second kappa shape index (κ2) is 5.78. The predicted molar refractivity (Wildman–Crippen MR) is 68.5 cm³/mol. The van der Waals surface area contributed by atoms with Gasteiger partial charge >= 0.3 is 0 Å². The van der Waals surface area contributed by atoms with E-state index >= 15 is 0 Å². The van der Waals surface area contributed by atoms with Gasteiger partial charge in [-0.05, 0) is 5.75 Å². The Morgan fingerprint density at radius 1 is 1.53 bits per heavy atom. The van der Waals surface area contributed by atoms with Gasteiger partial charge in [0.05, 0.1) is 6.54 Å². The van der Waals surface area contributed by atoms with Crippen molar-refractivity contribution in [2.45, 2.75) is 18.6 Å². The normalized spacial score (nSPS) is 10.4. The maximum absolute atomic E-state index is 11.6. The highest BCUT2D eigenvalue weighted by atomic mass is 32.2. The van der Waals surface area contributed by atoms with Gasteiger partial charge in [0.25, 0.3) is 5.56 Å². The van der Waals surface area contributed by atoms with E-state index < -0.39 is 0 Å². The molecule has 0 amide bonds. The molecule has 2 aromatic heterocycles. The van der Waals surface area contributed by atoms with Crippen LogP contribution in [0.4, 0.5) is 5.13 Å². The summed E-state index contributed by atoms with van der Waals surface area (Å²) in [5.41, 5.74) is 0.153. The maximum Gasteiger partial charge on any atom is 0.275 e. The minimum atomic E-state index is -0.208. The van der Waals surface area contributed by atoms with E-state index in [9.17, 15) is 4.79 Å². The second-order valence-corrected chi connectivity index (χ2v) is 5.18. The molecule has 0 radical (unpaired) electrons. The van der Waals surface area contributed by atoms with Crippen LogP contribution in [-0.4, -0.2) is 25.9 Å². The Morgan fingerprint density at radius 3 is 3.06 bits per heavy atom. The molecule has 0 saturated carbocycles. The Kier molecular flexibility index (Phi) is 4.10. The monoisotopic (exact) mass is 269 g/mol. The molecule has 0 aliphatic heterocycles. The maximum atomic E-state index is 11.6. The third kappa shape index (κ3) is 3.27. The van der Waals surface area contributed by atoms with E-state index in [1.54, 1.807) is 6.20 Å². The molecule has 8 heteroatoms. The Balaban J connectivity index is 2.04. The van der Waals surface area contributed by atoms with Crippen molar-refractivity contribution in [3.05, 3.63) is 27.6 Å². The summed E-state index contributed by atoms with van der Waals surface area (Å²) in [6.07, 6.45) is 1.70. The third-order valence-electron chi connectivity index (χ3n) is 1.86. The highest BCUT2D eigenvalue weighted by Crippen LogP contribution is 2.11. The molecule has 6 nitrogen and oxygen atoms in total. The van der Waals surface area contributed by atoms with Crippen LogP contribution in [0.25, 0.3) is 0 Å². The molecule has 2 rings (SSSR count). The third-order valence-corrected chi connectivity index (χ3v) is 3.34. The standard InChI is InChI=1S/C9H11N5OS2/c1-2-16-9-12-7(15)6(13-14-9)5-11-8-10-3-4-17-8/h3-4H,2,5H2,1H3,(H,10,11)(H,12,14,15). The quantitative estimate of drug-likeness (QED) is 0.797. The minimum Gasteiger partial charge on any atom is -0.356 e. The van der Waals surface area contributed by atoms with E-state index in [2.05, 4.69) is 25.5 Å². The van der Waals surface area contributed by atoms with Crippen LogP contribution >= 0.6 is 23.1 Å². The summed E-state index contributed by atoms with van der Waals surface area (Å²) in [5, 5.41) is 14.0. The molecule has 2 heterocycles. The average Bonchev–Trinajstić information content (AvgIpc) is 2.81. The summed E-state index contributed by atoms with van der Waals surface area (Å²) >= 11 is 2.93. The number of anilines is 1. The fourth-order valence-corrected chi connectivity index (χ4v) is 2.20. The largest absolute Gasteiger partial charge is 0.356 e. The molecule has 0 unspecified atom stereocenters. The molecule has 0 aromatic carbocycles. The number of hydrogen-bond acceptors (Lipinski definition) is 7. The van der Waals surface area contributed by atoms with Crippen LogP contribution in [0.1, 0.15) is 12.6 Å². The number of H-pyrrole nitrogens is 1. The summed E-state index contributed by atoms with van der Waals surface area (Å²) in [4.78, 5) is 18.4. The Morgan fingerprint density at radius 2 is 2.41 bits per heavy atom. The summed E-state index contributed by atoms with van der Waals surface area (Å²) < 4.78 is 0. The van der Waals surface area contributed by atoms with Crippen molar-refractivity contribution in [1.29, 1.82) is 0 Å². The number of nitrogens with one attached hydrogen (secondary N) is 2. The fourth-order valence-electron chi connectivity index (χ4n) is 1.13. The molecule has 0 aliphatic rings. The van der Waals surface area contributed by atoms with Crippen molar-refractivity contribution in [3.8, 4) is 0 Å². The Bertz CT molecular complexity index is 524.